The van der Waals surface area contributed by atoms with Gasteiger partial charge in [0, 0.05) is 24.3 Å². The van der Waals surface area contributed by atoms with Crippen molar-refractivity contribution in [3.63, 3.8) is 0 Å². The molecule has 186 valence electrons. The second-order valence-electron chi connectivity index (χ2n) is 8.08. The highest BCUT2D eigenvalue weighted by Gasteiger charge is 2.29. The molecule has 0 saturated carbocycles. The monoisotopic (exact) mass is 490 g/mol. The van der Waals surface area contributed by atoms with Crippen LogP contribution in [-0.2, 0) is 10.0 Å². The van der Waals surface area contributed by atoms with Gasteiger partial charge in [-0.05, 0) is 62.6 Å². The molecule has 1 amide bonds. The first-order chi connectivity index (χ1) is 16.4. The van der Waals surface area contributed by atoms with Crippen LogP contribution in [0.25, 0.3) is 0 Å². The average Bonchev–Trinajstić information content (AvgIpc) is 2.85. The van der Waals surface area contributed by atoms with Crippen molar-refractivity contribution in [2.75, 3.05) is 38.7 Å². The Bertz CT molecular complexity index is 1080. The highest BCUT2D eigenvalue weighted by atomic mass is 32.2. The lowest BCUT2D eigenvalue weighted by Gasteiger charge is -2.26. The van der Waals surface area contributed by atoms with Crippen molar-refractivity contribution in [1.82, 2.24) is 4.31 Å². The number of hydrogen-bond donors (Lipinski definition) is 1. The number of amides is 1. The van der Waals surface area contributed by atoms with Crippen molar-refractivity contribution in [1.29, 1.82) is 0 Å². The Labute approximate surface area is 202 Å². The van der Waals surface area contributed by atoms with Gasteiger partial charge in [-0.25, -0.2) is 8.42 Å². The molecule has 1 saturated heterocycles. The van der Waals surface area contributed by atoms with E-state index in [9.17, 15) is 13.2 Å². The van der Waals surface area contributed by atoms with Gasteiger partial charge in [-0.2, -0.15) is 4.31 Å². The Hall–Kier alpha value is -2.78. The first-order valence-electron chi connectivity index (χ1n) is 11.8. The second kappa shape index (κ2) is 12.1. The van der Waals surface area contributed by atoms with E-state index < -0.39 is 10.0 Å². The van der Waals surface area contributed by atoms with E-state index >= 15 is 0 Å². The number of hydrogen-bond acceptors (Lipinski definition) is 6. The van der Waals surface area contributed by atoms with Crippen molar-refractivity contribution >= 4 is 21.6 Å². The zero-order chi connectivity index (χ0) is 24.6. The predicted octanol–water partition coefficient (Wildman–Crippen LogP) is 4.70. The van der Waals surface area contributed by atoms with Crippen LogP contribution in [0.5, 0.6) is 17.2 Å². The topological polar surface area (TPSA) is 94.2 Å². The fourth-order valence-electron chi connectivity index (χ4n) is 3.77. The third-order valence-corrected chi connectivity index (χ3v) is 7.54. The maximum Gasteiger partial charge on any atom is 0.255 e. The fraction of sp³-hybridized carbons (Fsp3) is 0.480. The lowest BCUT2D eigenvalue weighted by atomic mass is 10.1. The molecule has 2 aromatic rings. The number of sulfonamides is 1. The molecular formula is C25H34N2O6S. The van der Waals surface area contributed by atoms with Crippen LogP contribution in [0.15, 0.2) is 41.3 Å². The molecule has 8 nitrogen and oxygen atoms in total. The Morgan fingerprint density at radius 2 is 1.71 bits per heavy atom. The van der Waals surface area contributed by atoms with Gasteiger partial charge in [0.15, 0.2) is 11.5 Å². The molecule has 1 aliphatic rings. The summed E-state index contributed by atoms with van der Waals surface area (Å²) in [4.78, 5) is 13.0. The van der Waals surface area contributed by atoms with E-state index in [1.807, 2.05) is 6.92 Å². The SMILES string of the molecule is CCCCOc1ccc(C(=O)Nc2ccc(OC)c(S(=O)(=O)N3CCCCC3)c2)cc1OCC. The van der Waals surface area contributed by atoms with E-state index in [0.29, 0.717) is 49.1 Å². The molecule has 0 aromatic heterocycles. The number of rotatable bonds is 11. The van der Waals surface area contributed by atoms with Crippen LogP contribution in [0.3, 0.4) is 0 Å². The van der Waals surface area contributed by atoms with Crippen LogP contribution in [0.1, 0.15) is 56.3 Å². The number of nitrogens with one attached hydrogen (secondary N) is 1. The second-order valence-corrected chi connectivity index (χ2v) is 9.99. The molecule has 0 spiro atoms. The summed E-state index contributed by atoms with van der Waals surface area (Å²) in [5, 5.41) is 2.79. The van der Waals surface area contributed by atoms with Gasteiger partial charge in [0.1, 0.15) is 10.6 Å². The van der Waals surface area contributed by atoms with Crippen LogP contribution in [-0.4, -0.2) is 52.0 Å². The summed E-state index contributed by atoms with van der Waals surface area (Å²) >= 11 is 0. The van der Waals surface area contributed by atoms with Gasteiger partial charge < -0.3 is 19.5 Å². The zero-order valence-corrected chi connectivity index (χ0v) is 20.9. The third-order valence-electron chi connectivity index (χ3n) is 5.62. The third kappa shape index (κ3) is 6.21. The Morgan fingerprint density at radius 3 is 2.38 bits per heavy atom. The number of carbonyl (C=O) groups excluding carboxylic acids is 1. The molecule has 34 heavy (non-hydrogen) atoms. The molecular weight excluding hydrogens is 456 g/mol. The first-order valence-corrected chi connectivity index (χ1v) is 13.2. The van der Waals surface area contributed by atoms with Gasteiger partial charge in [0.25, 0.3) is 5.91 Å². The van der Waals surface area contributed by atoms with Crippen molar-refractivity contribution in [2.45, 2.75) is 50.8 Å². The molecule has 0 aliphatic carbocycles. The number of unbranched alkanes of at least 4 members (excludes halogenated alkanes) is 1. The molecule has 1 aliphatic heterocycles. The molecule has 0 bridgehead atoms. The van der Waals surface area contributed by atoms with Crippen LogP contribution < -0.4 is 19.5 Å². The molecule has 0 unspecified atom stereocenters. The van der Waals surface area contributed by atoms with E-state index in [1.54, 1.807) is 30.3 Å². The molecule has 2 aromatic carbocycles. The maximum atomic E-state index is 13.2. The average molecular weight is 491 g/mol. The fourth-order valence-corrected chi connectivity index (χ4v) is 5.47. The number of carbonyl (C=O) groups is 1. The molecule has 0 radical (unpaired) electrons. The van der Waals surface area contributed by atoms with Gasteiger partial charge in [-0.15, -0.1) is 0 Å². The minimum Gasteiger partial charge on any atom is -0.495 e. The number of benzene rings is 2. The Kier molecular flexibility index (Phi) is 9.18. The Morgan fingerprint density at radius 1 is 0.971 bits per heavy atom. The molecule has 1 fully saturated rings. The highest BCUT2D eigenvalue weighted by molar-refractivity contribution is 7.89. The number of anilines is 1. The number of methoxy groups -OCH3 is 1. The predicted molar refractivity (Wildman–Crippen MR) is 132 cm³/mol. The van der Waals surface area contributed by atoms with E-state index in [4.69, 9.17) is 14.2 Å². The molecule has 1 heterocycles. The Balaban J connectivity index is 1.83. The molecule has 1 N–H and O–H groups in total. The summed E-state index contributed by atoms with van der Waals surface area (Å²) < 4.78 is 44.7. The number of ether oxygens (including phenoxy) is 3. The zero-order valence-electron chi connectivity index (χ0n) is 20.1. The van der Waals surface area contributed by atoms with E-state index in [-0.39, 0.29) is 16.6 Å². The summed E-state index contributed by atoms with van der Waals surface area (Å²) in [6, 6.07) is 9.64. The van der Waals surface area contributed by atoms with Gasteiger partial charge >= 0.3 is 0 Å². The highest BCUT2D eigenvalue weighted by Crippen LogP contribution is 2.32. The first kappa shape index (κ1) is 25.8. The van der Waals surface area contributed by atoms with Crippen LogP contribution in [0.4, 0.5) is 5.69 Å². The normalized spacial score (nSPS) is 14.4. The summed E-state index contributed by atoms with van der Waals surface area (Å²) in [7, 11) is -2.31. The van der Waals surface area contributed by atoms with Crippen molar-refractivity contribution in [3.8, 4) is 17.2 Å². The van der Waals surface area contributed by atoms with Gasteiger partial charge in [-0.1, -0.05) is 19.8 Å². The van der Waals surface area contributed by atoms with Gasteiger partial charge in [-0.3, -0.25) is 4.79 Å². The maximum absolute atomic E-state index is 13.2. The smallest absolute Gasteiger partial charge is 0.255 e. The van der Waals surface area contributed by atoms with E-state index in [2.05, 4.69) is 12.2 Å². The summed E-state index contributed by atoms with van der Waals surface area (Å²) in [5.74, 6) is 0.948. The summed E-state index contributed by atoms with van der Waals surface area (Å²) in [6.07, 6.45) is 4.62. The van der Waals surface area contributed by atoms with Crippen LogP contribution in [0.2, 0.25) is 0 Å². The lowest BCUT2D eigenvalue weighted by molar-refractivity contribution is 0.102. The van der Waals surface area contributed by atoms with E-state index in [0.717, 1.165) is 32.1 Å². The summed E-state index contributed by atoms with van der Waals surface area (Å²) in [5.41, 5.74) is 0.741. The standard InChI is InChI=1S/C25H34N2O6S/c1-4-6-16-33-21-12-10-19(17-23(21)32-5-2)25(28)26-20-11-13-22(31-3)24(18-20)34(29,30)27-14-8-7-9-15-27/h10-13,17-18H,4-9,14-16H2,1-3H3,(H,26,28). The minimum atomic E-state index is -3.74. The van der Waals surface area contributed by atoms with Gasteiger partial charge in [0.2, 0.25) is 10.0 Å². The molecule has 9 heteroatoms. The molecule has 3 rings (SSSR count). The van der Waals surface area contributed by atoms with Crippen LogP contribution >= 0.6 is 0 Å². The number of nitrogens with zero attached hydrogens (tertiary/aromatic N) is 1. The van der Waals surface area contributed by atoms with Crippen LogP contribution in [0, 0.1) is 0 Å². The van der Waals surface area contributed by atoms with Crippen molar-refractivity contribution in [2.24, 2.45) is 0 Å². The largest absolute Gasteiger partial charge is 0.495 e. The van der Waals surface area contributed by atoms with Gasteiger partial charge in [0.05, 0.1) is 20.3 Å². The van der Waals surface area contributed by atoms with E-state index in [1.165, 1.54) is 17.5 Å². The number of piperidine rings is 1. The van der Waals surface area contributed by atoms with Crippen molar-refractivity contribution in [3.05, 3.63) is 42.0 Å². The summed E-state index contributed by atoms with van der Waals surface area (Å²) in [6.45, 7) is 5.92. The quantitative estimate of drug-likeness (QED) is 0.459. The van der Waals surface area contributed by atoms with Crippen molar-refractivity contribution < 1.29 is 27.4 Å². The molecule has 0 atom stereocenters. The minimum absolute atomic E-state index is 0.0457. The lowest BCUT2D eigenvalue weighted by Crippen LogP contribution is -2.35.